The number of hydrogen-bond acceptors (Lipinski definition) is 2. The van der Waals surface area contributed by atoms with Gasteiger partial charge in [-0.3, -0.25) is 0 Å². The van der Waals surface area contributed by atoms with Gasteiger partial charge in [0.15, 0.2) is 0 Å². The van der Waals surface area contributed by atoms with Gasteiger partial charge >= 0.3 is 0 Å². The second-order valence-corrected chi connectivity index (χ2v) is 7.26. The molecule has 0 amide bonds. The molecule has 106 valence electrons. The van der Waals surface area contributed by atoms with Gasteiger partial charge in [-0.15, -0.1) is 11.6 Å². The van der Waals surface area contributed by atoms with E-state index in [1.807, 2.05) is 0 Å². The Morgan fingerprint density at radius 1 is 1.42 bits per heavy atom. The highest BCUT2D eigenvalue weighted by molar-refractivity contribution is 7.89. The average Bonchev–Trinajstić information content (AvgIpc) is 2.82. The molecule has 0 bridgehead atoms. The van der Waals surface area contributed by atoms with Gasteiger partial charge in [0.25, 0.3) is 0 Å². The lowest BCUT2D eigenvalue weighted by molar-refractivity contribution is 0.453. The highest BCUT2D eigenvalue weighted by Crippen LogP contribution is 2.30. The van der Waals surface area contributed by atoms with Crippen LogP contribution in [-0.2, 0) is 10.0 Å². The number of alkyl halides is 1. The van der Waals surface area contributed by atoms with E-state index < -0.39 is 15.8 Å². The summed E-state index contributed by atoms with van der Waals surface area (Å²) in [5, 5.41) is 0.0437. The highest BCUT2D eigenvalue weighted by atomic mass is 35.5. The first-order valence-electron chi connectivity index (χ1n) is 5.96. The quantitative estimate of drug-likeness (QED) is 0.797. The molecule has 1 aliphatic rings. The van der Waals surface area contributed by atoms with Gasteiger partial charge in [0.05, 0.1) is 5.02 Å². The van der Waals surface area contributed by atoms with Crippen molar-refractivity contribution in [2.45, 2.75) is 17.7 Å². The molecule has 1 aliphatic heterocycles. The Bertz CT molecular complexity index is 565. The molecule has 2 rings (SSSR count). The van der Waals surface area contributed by atoms with Crippen molar-refractivity contribution in [1.29, 1.82) is 0 Å². The minimum absolute atomic E-state index is 0.0437. The molecule has 1 aromatic carbocycles. The predicted octanol–water partition coefficient (Wildman–Crippen LogP) is 3.12. The number of nitrogens with zero attached hydrogens (tertiary/aromatic N) is 1. The van der Waals surface area contributed by atoms with Crippen LogP contribution in [0.1, 0.15) is 12.8 Å². The molecule has 1 saturated heterocycles. The van der Waals surface area contributed by atoms with Crippen LogP contribution in [0.5, 0.6) is 0 Å². The van der Waals surface area contributed by atoms with Gasteiger partial charge in [-0.05, 0) is 37.0 Å². The summed E-state index contributed by atoms with van der Waals surface area (Å²) in [6.45, 7) is 0.846. The maximum Gasteiger partial charge on any atom is 0.244 e. The molecule has 0 N–H and O–H groups in total. The molecule has 0 radical (unpaired) electrons. The van der Waals surface area contributed by atoms with E-state index in [1.165, 1.54) is 10.4 Å². The molecule has 1 fully saturated rings. The summed E-state index contributed by atoms with van der Waals surface area (Å²) in [6.07, 6.45) is 1.56. The topological polar surface area (TPSA) is 37.4 Å². The first-order valence-corrected chi connectivity index (χ1v) is 8.31. The van der Waals surface area contributed by atoms with Crippen LogP contribution in [0.4, 0.5) is 4.39 Å². The van der Waals surface area contributed by atoms with E-state index in [2.05, 4.69) is 0 Å². The van der Waals surface area contributed by atoms with Crippen LogP contribution in [-0.4, -0.2) is 31.7 Å². The van der Waals surface area contributed by atoms with Crippen molar-refractivity contribution >= 4 is 33.2 Å². The summed E-state index contributed by atoms with van der Waals surface area (Å²) in [6, 6.07) is 3.37. The van der Waals surface area contributed by atoms with E-state index in [-0.39, 0.29) is 15.8 Å². The minimum Gasteiger partial charge on any atom is -0.207 e. The van der Waals surface area contributed by atoms with Crippen molar-refractivity contribution in [3.63, 3.8) is 0 Å². The maximum absolute atomic E-state index is 13.2. The third-order valence-electron chi connectivity index (χ3n) is 3.28. The Morgan fingerprint density at radius 2 is 2.16 bits per heavy atom. The van der Waals surface area contributed by atoms with E-state index in [4.69, 9.17) is 23.2 Å². The van der Waals surface area contributed by atoms with Gasteiger partial charge in [0.1, 0.15) is 10.7 Å². The Morgan fingerprint density at radius 3 is 2.84 bits per heavy atom. The summed E-state index contributed by atoms with van der Waals surface area (Å²) in [5.41, 5.74) is 0. The van der Waals surface area contributed by atoms with E-state index in [0.717, 1.165) is 25.0 Å². The Kier molecular flexibility index (Phi) is 4.71. The van der Waals surface area contributed by atoms with Crippen LogP contribution in [0.15, 0.2) is 23.1 Å². The molecule has 3 nitrogen and oxygen atoms in total. The van der Waals surface area contributed by atoms with Crippen molar-refractivity contribution in [1.82, 2.24) is 4.31 Å². The van der Waals surface area contributed by atoms with Gasteiger partial charge in [0, 0.05) is 19.0 Å². The lowest BCUT2D eigenvalue weighted by Gasteiger charge is -2.17. The fraction of sp³-hybridized carbons (Fsp3) is 0.500. The standard InChI is InChI=1S/C12H14Cl2FNO2S/c13-5-3-9-4-6-16(8-9)19(17,18)12-7-10(15)1-2-11(12)14/h1-2,7,9H,3-6,8H2. The van der Waals surface area contributed by atoms with Crippen LogP contribution in [0, 0.1) is 11.7 Å². The molecule has 1 heterocycles. The second kappa shape index (κ2) is 5.95. The van der Waals surface area contributed by atoms with Gasteiger partial charge < -0.3 is 0 Å². The fourth-order valence-electron chi connectivity index (χ4n) is 2.22. The lowest BCUT2D eigenvalue weighted by Crippen LogP contribution is -2.29. The zero-order valence-corrected chi connectivity index (χ0v) is 12.5. The number of rotatable bonds is 4. The number of benzene rings is 1. The van der Waals surface area contributed by atoms with Gasteiger partial charge in [0.2, 0.25) is 10.0 Å². The van der Waals surface area contributed by atoms with E-state index >= 15 is 0 Å². The monoisotopic (exact) mass is 325 g/mol. The van der Waals surface area contributed by atoms with Gasteiger partial charge in [-0.25, -0.2) is 12.8 Å². The second-order valence-electron chi connectivity index (χ2n) is 4.57. The van der Waals surface area contributed by atoms with E-state index in [9.17, 15) is 12.8 Å². The first kappa shape index (κ1) is 15.0. The maximum atomic E-state index is 13.2. The summed E-state index contributed by atoms with van der Waals surface area (Å²) in [4.78, 5) is -0.166. The van der Waals surface area contributed by atoms with Crippen molar-refractivity contribution in [2.75, 3.05) is 19.0 Å². The molecule has 0 spiro atoms. The van der Waals surface area contributed by atoms with E-state index in [1.54, 1.807) is 0 Å². The van der Waals surface area contributed by atoms with Crippen molar-refractivity contribution in [2.24, 2.45) is 5.92 Å². The molecule has 0 saturated carbocycles. The summed E-state index contributed by atoms with van der Waals surface area (Å²) >= 11 is 11.5. The zero-order chi connectivity index (χ0) is 14.0. The number of halogens is 3. The van der Waals surface area contributed by atoms with E-state index in [0.29, 0.717) is 19.0 Å². The lowest BCUT2D eigenvalue weighted by atomic mass is 10.1. The normalized spacial score (nSPS) is 20.9. The summed E-state index contributed by atoms with van der Waals surface area (Å²) in [5.74, 6) is 0.165. The Hall–Kier alpha value is -0.360. The molecule has 0 aliphatic carbocycles. The molecule has 1 unspecified atom stereocenters. The molecule has 1 atom stereocenters. The van der Waals surface area contributed by atoms with Crippen LogP contribution >= 0.6 is 23.2 Å². The van der Waals surface area contributed by atoms with Crippen LogP contribution in [0.2, 0.25) is 5.02 Å². The van der Waals surface area contributed by atoms with Gasteiger partial charge in [-0.2, -0.15) is 4.31 Å². The Labute approximate surface area is 122 Å². The van der Waals surface area contributed by atoms with Crippen molar-refractivity contribution in [3.05, 3.63) is 29.0 Å². The SMILES string of the molecule is O=S(=O)(c1cc(F)ccc1Cl)N1CCC(CCCl)C1. The van der Waals surface area contributed by atoms with Crippen molar-refractivity contribution < 1.29 is 12.8 Å². The highest BCUT2D eigenvalue weighted by Gasteiger charge is 2.33. The molecule has 1 aromatic rings. The largest absolute Gasteiger partial charge is 0.244 e. The molecular weight excluding hydrogens is 312 g/mol. The third-order valence-corrected chi connectivity index (χ3v) is 5.84. The number of sulfonamides is 1. The average molecular weight is 326 g/mol. The number of hydrogen-bond donors (Lipinski definition) is 0. The summed E-state index contributed by atoms with van der Waals surface area (Å²) in [7, 11) is -3.72. The molecule has 19 heavy (non-hydrogen) atoms. The Balaban J connectivity index is 2.26. The smallest absolute Gasteiger partial charge is 0.207 e. The zero-order valence-electron chi connectivity index (χ0n) is 10.2. The molecule has 7 heteroatoms. The molecule has 0 aromatic heterocycles. The van der Waals surface area contributed by atoms with Crippen molar-refractivity contribution in [3.8, 4) is 0 Å². The van der Waals surface area contributed by atoms with Gasteiger partial charge in [-0.1, -0.05) is 11.6 Å². The predicted molar refractivity (Wildman–Crippen MR) is 73.6 cm³/mol. The first-order chi connectivity index (χ1) is 8.95. The minimum atomic E-state index is -3.72. The van der Waals surface area contributed by atoms with Crippen LogP contribution in [0.3, 0.4) is 0 Å². The van der Waals surface area contributed by atoms with Crippen LogP contribution in [0.25, 0.3) is 0 Å². The molecular formula is C12H14Cl2FNO2S. The summed E-state index contributed by atoms with van der Waals surface area (Å²) < 4.78 is 39.4. The van der Waals surface area contributed by atoms with Crippen LogP contribution < -0.4 is 0 Å². The fourth-order valence-corrected chi connectivity index (χ4v) is 4.54. The third kappa shape index (κ3) is 3.21.